The minimum atomic E-state index is -3.15. The van der Waals surface area contributed by atoms with Crippen molar-refractivity contribution in [2.24, 2.45) is 0 Å². The Balaban J connectivity index is 2.16. The standard InChI is InChI=1S/C15H19NO3S/c1-10-9-15(12(3)19-10)11(2)16-13-5-7-14(8-6-13)20(4,17)18/h5-9,11,16H,1-4H3. The lowest BCUT2D eigenvalue weighted by Crippen LogP contribution is -2.07. The van der Waals surface area contributed by atoms with Crippen molar-refractivity contribution < 1.29 is 12.8 Å². The second kappa shape index (κ2) is 5.32. The predicted molar refractivity (Wildman–Crippen MR) is 79.8 cm³/mol. The number of sulfone groups is 1. The minimum absolute atomic E-state index is 0.0940. The van der Waals surface area contributed by atoms with Gasteiger partial charge in [-0.2, -0.15) is 0 Å². The van der Waals surface area contributed by atoms with Crippen LogP contribution in [0.3, 0.4) is 0 Å². The Morgan fingerprint density at radius 1 is 1.15 bits per heavy atom. The predicted octanol–water partition coefficient (Wildman–Crippen LogP) is 3.47. The Morgan fingerprint density at radius 2 is 1.75 bits per heavy atom. The monoisotopic (exact) mass is 293 g/mol. The average Bonchev–Trinajstić information content (AvgIpc) is 2.68. The molecule has 0 fully saturated rings. The molecule has 20 heavy (non-hydrogen) atoms. The maximum absolute atomic E-state index is 11.4. The third kappa shape index (κ3) is 3.22. The zero-order chi connectivity index (χ0) is 14.9. The molecule has 2 rings (SSSR count). The highest BCUT2D eigenvalue weighted by Crippen LogP contribution is 2.25. The summed E-state index contributed by atoms with van der Waals surface area (Å²) in [5.41, 5.74) is 1.98. The fraction of sp³-hybridized carbons (Fsp3) is 0.333. The number of benzene rings is 1. The number of furan rings is 1. The lowest BCUT2D eigenvalue weighted by molar-refractivity contribution is 0.500. The van der Waals surface area contributed by atoms with Crippen molar-refractivity contribution >= 4 is 15.5 Å². The number of anilines is 1. The van der Waals surface area contributed by atoms with Gasteiger partial charge in [0.1, 0.15) is 11.5 Å². The molecule has 0 aliphatic rings. The molecule has 0 saturated carbocycles. The van der Waals surface area contributed by atoms with Crippen molar-refractivity contribution in [2.75, 3.05) is 11.6 Å². The lowest BCUT2D eigenvalue weighted by Gasteiger charge is -2.14. The smallest absolute Gasteiger partial charge is 0.175 e. The topological polar surface area (TPSA) is 59.3 Å². The zero-order valence-corrected chi connectivity index (χ0v) is 12.9. The molecule has 108 valence electrons. The summed E-state index contributed by atoms with van der Waals surface area (Å²) in [5.74, 6) is 1.79. The van der Waals surface area contributed by atoms with Gasteiger partial charge >= 0.3 is 0 Å². The lowest BCUT2D eigenvalue weighted by atomic mass is 10.1. The van der Waals surface area contributed by atoms with Crippen LogP contribution in [0.2, 0.25) is 0 Å². The molecule has 1 aromatic heterocycles. The molecule has 0 saturated heterocycles. The first kappa shape index (κ1) is 14.7. The highest BCUT2D eigenvalue weighted by molar-refractivity contribution is 7.90. The van der Waals surface area contributed by atoms with E-state index in [-0.39, 0.29) is 6.04 Å². The summed E-state index contributed by atoms with van der Waals surface area (Å²) in [5, 5.41) is 3.34. The van der Waals surface area contributed by atoms with Crippen LogP contribution >= 0.6 is 0 Å². The molecule has 0 aliphatic heterocycles. The van der Waals surface area contributed by atoms with Crippen LogP contribution < -0.4 is 5.32 Å². The van der Waals surface area contributed by atoms with Gasteiger partial charge < -0.3 is 9.73 Å². The molecule has 2 aromatic rings. The van der Waals surface area contributed by atoms with Gasteiger partial charge in [0.15, 0.2) is 9.84 Å². The van der Waals surface area contributed by atoms with E-state index in [1.54, 1.807) is 24.3 Å². The number of aryl methyl sites for hydroxylation is 2. The summed E-state index contributed by atoms with van der Waals surface area (Å²) in [6.45, 7) is 5.90. The maximum Gasteiger partial charge on any atom is 0.175 e. The van der Waals surface area contributed by atoms with E-state index in [1.165, 1.54) is 6.26 Å². The summed E-state index contributed by atoms with van der Waals surface area (Å²) in [4.78, 5) is 0.325. The average molecular weight is 293 g/mol. The van der Waals surface area contributed by atoms with Crippen molar-refractivity contribution in [3.05, 3.63) is 47.4 Å². The van der Waals surface area contributed by atoms with E-state index in [2.05, 4.69) is 5.32 Å². The fourth-order valence-electron chi connectivity index (χ4n) is 2.21. The maximum atomic E-state index is 11.4. The van der Waals surface area contributed by atoms with E-state index in [0.29, 0.717) is 4.90 Å². The van der Waals surface area contributed by atoms with Crippen molar-refractivity contribution in [2.45, 2.75) is 31.7 Å². The normalized spacial score (nSPS) is 13.2. The van der Waals surface area contributed by atoms with E-state index in [9.17, 15) is 8.42 Å². The Kier molecular flexibility index (Phi) is 3.90. The zero-order valence-electron chi connectivity index (χ0n) is 12.1. The van der Waals surface area contributed by atoms with Crippen LogP contribution in [-0.2, 0) is 9.84 Å². The second-order valence-electron chi connectivity index (χ2n) is 5.03. The van der Waals surface area contributed by atoms with Crippen molar-refractivity contribution in [3.63, 3.8) is 0 Å². The highest BCUT2D eigenvalue weighted by Gasteiger charge is 2.13. The van der Waals surface area contributed by atoms with Gasteiger partial charge in [0.25, 0.3) is 0 Å². The molecule has 0 radical (unpaired) electrons. The fourth-order valence-corrected chi connectivity index (χ4v) is 2.84. The Labute approximate surface area is 119 Å². The summed E-state index contributed by atoms with van der Waals surface area (Å²) in [7, 11) is -3.15. The molecular formula is C15H19NO3S. The SMILES string of the molecule is Cc1cc(C(C)Nc2ccc(S(C)(=O)=O)cc2)c(C)o1. The number of rotatable bonds is 4. The van der Waals surface area contributed by atoms with Gasteiger partial charge in [0.2, 0.25) is 0 Å². The molecule has 0 bridgehead atoms. The summed E-state index contributed by atoms with van der Waals surface area (Å²) in [6.07, 6.45) is 1.20. The van der Waals surface area contributed by atoms with Crippen molar-refractivity contribution in [1.82, 2.24) is 0 Å². The molecule has 4 nitrogen and oxygen atoms in total. The molecule has 0 amide bonds. The summed E-state index contributed by atoms with van der Waals surface area (Å²) < 4.78 is 28.3. The molecular weight excluding hydrogens is 274 g/mol. The van der Waals surface area contributed by atoms with E-state index in [0.717, 1.165) is 22.8 Å². The van der Waals surface area contributed by atoms with E-state index < -0.39 is 9.84 Å². The molecule has 1 aromatic carbocycles. The molecule has 0 aliphatic carbocycles. The van der Waals surface area contributed by atoms with Crippen molar-refractivity contribution in [3.8, 4) is 0 Å². The van der Waals surface area contributed by atoms with Crippen LogP contribution in [0.4, 0.5) is 5.69 Å². The van der Waals surface area contributed by atoms with Crippen LogP contribution in [0.25, 0.3) is 0 Å². The van der Waals surface area contributed by atoms with E-state index in [1.807, 2.05) is 26.8 Å². The van der Waals surface area contributed by atoms with Crippen LogP contribution in [0.5, 0.6) is 0 Å². The molecule has 1 heterocycles. The highest BCUT2D eigenvalue weighted by atomic mass is 32.2. The Morgan fingerprint density at radius 3 is 2.20 bits per heavy atom. The Hall–Kier alpha value is -1.75. The minimum Gasteiger partial charge on any atom is -0.466 e. The van der Waals surface area contributed by atoms with Crippen LogP contribution in [-0.4, -0.2) is 14.7 Å². The molecule has 5 heteroatoms. The van der Waals surface area contributed by atoms with Gasteiger partial charge in [0.05, 0.1) is 10.9 Å². The number of hydrogen-bond acceptors (Lipinski definition) is 4. The molecule has 1 N–H and O–H groups in total. The van der Waals surface area contributed by atoms with Gasteiger partial charge in [-0.1, -0.05) is 0 Å². The van der Waals surface area contributed by atoms with E-state index in [4.69, 9.17) is 4.42 Å². The van der Waals surface area contributed by atoms with Gasteiger partial charge in [-0.05, 0) is 51.1 Å². The summed E-state index contributed by atoms with van der Waals surface area (Å²) >= 11 is 0. The first-order valence-electron chi connectivity index (χ1n) is 6.41. The quantitative estimate of drug-likeness (QED) is 0.937. The van der Waals surface area contributed by atoms with Gasteiger partial charge in [0, 0.05) is 17.5 Å². The van der Waals surface area contributed by atoms with Crippen LogP contribution in [0.1, 0.15) is 30.0 Å². The van der Waals surface area contributed by atoms with Gasteiger partial charge in [-0.3, -0.25) is 0 Å². The van der Waals surface area contributed by atoms with Crippen molar-refractivity contribution in [1.29, 1.82) is 0 Å². The van der Waals surface area contributed by atoms with Gasteiger partial charge in [-0.25, -0.2) is 8.42 Å². The molecule has 0 spiro atoms. The number of nitrogens with one attached hydrogen (secondary N) is 1. The van der Waals surface area contributed by atoms with Gasteiger partial charge in [-0.15, -0.1) is 0 Å². The second-order valence-corrected chi connectivity index (χ2v) is 7.05. The number of hydrogen-bond donors (Lipinski definition) is 1. The third-order valence-corrected chi connectivity index (χ3v) is 4.34. The summed E-state index contributed by atoms with van der Waals surface area (Å²) in [6, 6.07) is 8.87. The van der Waals surface area contributed by atoms with Crippen LogP contribution in [0, 0.1) is 13.8 Å². The van der Waals surface area contributed by atoms with E-state index >= 15 is 0 Å². The first-order chi connectivity index (χ1) is 9.27. The first-order valence-corrected chi connectivity index (χ1v) is 8.30. The Bertz CT molecular complexity index is 699. The molecule has 1 atom stereocenters. The van der Waals surface area contributed by atoms with Crippen LogP contribution in [0.15, 0.2) is 39.6 Å². The largest absolute Gasteiger partial charge is 0.466 e. The molecule has 1 unspecified atom stereocenters. The third-order valence-electron chi connectivity index (χ3n) is 3.21.